The van der Waals surface area contributed by atoms with Crippen molar-refractivity contribution in [3.63, 3.8) is 0 Å². The van der Waals surface area contributed by atoms with Crippen molar-refractivity contribution < 1.29 is 9.47 Å². The Morgan fingerprint density at radius 2 is 0.885 bits per heavy atom. The highest BCUT2D eigenvalue weighted by Gasteiger charge is 2.61. The van der Waals surface area contributed by atoms with Gasteiger partial charge in [-0.2, -0.15) is 11.8 Å². The van der Waals surface area contributed by atoms with Crippen LogP contribution in [0, 0.1) is 59.2 Å². The molecule has 292 valence electrons. The van der Waals surface area contributed by atoms with Gasteiger partial charge in [-0.15, -0.1) is 0 Å². The molecule has 0 aromatic heterocycles. The summed E-state index contributed by atoms with van der Waals surface area (Å²) in [6.45, 7) is 0. The second-order valence-corrected chi connectivity index (χ2v) is 22.9. The minimum atomic E-state index is 0.572. The molecule has 0 amide bonds. The van der Waals surface area contributed by atoms with Gasteiger partial charge in [0.25, 0.3) is 0 Å². The molecule has 11 aliphatic rings. The molecule has 0 bridgehead atoms. The van der Waals surface area contributed by atoms with Gasteiger partial charge >= 0.3 is 0 Å². The van der Waals surface area contributed by atoms with E-state index in [1.54, 1.807) is 51.4 Å². The predicted molar refractivity (Wildman–Crippen MR) is 214 cm³/mol. The van der Waals surface area contributed by atoms with Crippen LogP contribution in [0.4, 0.5) is 0 Å². The average molecular weight is 732 g/mol. The molecule has 11 rings (SSSR count). The van der Waals surface area contributed by atoms with Crippen LogP contribution in [0.15, 0.2) is 0 Å². The van der Waals surface area contributed by atoms with Gasteiger partial charge < -0.3 is 9.47 Å². The van der Waals surface area contributed by atoms with E-state index < -0.39 is 0 Å². The summed E-state index contributed by atoms with van der Waals surface area (Å²) in [4.78, 5) is 3.45. The van der Waals surface area contributed by atoms with Crippen LogP contribution in [-0.4, -0.2) is 57.9 Å². The van der Waals surface area contributed by atoms with Gasteiger partial charge in [0.2, 0.25) is 0 Å². The largest absolute Gasteiger partial charge is 0.374 e. The molecule has 3 saturated heterocycles. The molecule has 3 nitrogen and oxygen atoms in total. The summed E-state index contributed by atoms with van der Waals surface area (Å²) in [5.41, 5.74) is 0. The Morgan fingerprint density at radius 1 is 0.346 bits per heavy atom. The maximum atomic E-state index is 7.10. The zero-order chi connectivity index (χ0) is 34.2. The number of fused-ring (bicyclic) bond motifs is 10. The van der Waals surface area contributed by atoms with Gasteiger partial charge in [0.05, 0.1) is 24.4 Å². The highest BCUT2D eigenvalue weighted by atomic mass is 32.2. The average Bonchev–Trinajstić information content (AvgIpc) is 3.90. The molecule has 0 radical (unpaired) electrons. The fourth-order valence-corrected chi connectivity index (χ4v) is 19.9. The number of rotatable bonds is 5. The SMILES string of the molecule is C1CCC(C2CCCC(C3CCC(N(C4CCCC5C6CCC7OC8CCCCC8C7C6SC54)C4CCCC5OC6CCCCC6C54)CC3)C2)CC1. The molecular weight excluding hydrogens is 655 g/mol. The molecule has 8 aliphatic carbocycles. The van der Waals surface area contributed by atoms with Crippen molar-refractivity contribution in [3.8, 4) is 0 Å². The molecule has 11 fully saturated rings. The van der Waals surface area contributed by atoms with E-state index >= 15 is 0 Å². The summed E-state index contributed by atoms with van der Waals surface area (Å²) in [6, 6.07) is 2.48. The van der Waals surface area contributed by atoms with Gasteiger partial charge in [0.15, 0.2) is 0 Å². The van der Waals surface area contributed by atoms with Crippen molar-refractivity contribution in [1.29, 1.82) is 0 Å². The van der Waals surface area contributed by atoms with Gasteiger partial charge in [-0.3, -0.25) is 4.90 Å². The Balaban J connectivity index is 0.858. The first-order chi connectivity index (χ1) is 25.8. The lowest BCUT2D eigenvalue weighted by Crippen LogP contribution is -2.60. The zero-order valence-corrected chi connectivity index (χ0v) is 34.0. The molecule has 16 unspecified atom stereocenters. The second-order valence-electron chi connectivity index (χ2n) is 21.5. The molecule has 3 heterocycles. The molecule has 0 spiro atoms. The third-order valence-corrected chi connectivity index (χ3v) is 21.4. The van der Waals surface area contributed by atoms with Crippen molar-refractivity contribution in [2.75, 3.05) is 0 Å². The third-order valence-electron chi connectivity index (χ3n) is 19.4. The van der Waals surface area contributed by atoms with Gasteiger partial charge in [0.1, 0.15) is 0 Å². The van der Waals surface area contributed by atoms with Crippen LogP contribution in [0.3, 0.4) is 0 Å². The summed E-state index contributed by atoms with van der Waals surface area (Å²) in [5, 5.41) is 1.79. The molecule has 4 heteroatoms. The first-order valence-electron chi connectivity index (χ1n) is 24.5. The van der Waals surface area contributed by atoms with E-state index in [0.717, 1.165) is 87.8 Å². The topological polar surface area (TPSA) is 21.7 Å². The first kappa shape index (κ1) is 35.4. The van der Waals surface area contributed by atoms with Crippen molar-refractivity contribution >= 4 is 11.8 Å². The van der Waals surface area contributed by atoms with E-state index in [1.807, 2.05) is 0 Å². The summed E-state index contributed by atoms with van der Waals surface area (Å²) < 4.78 is 14.1. The highest BCUT2D eigenvalue weighted by Crippen LogP contribution is 2.63. The third kappa shape index (κ3) is 6.28. The fraction of sp³-hybridized carbons (Fsp3) is 1.00. The quantitative estimate of drug-likeness (QED) is 0.281. The normalized spacial score (nSPS) is 53.7. The molecule has 52 heavy (non-hydrogen) atoms. The molecule has 0 aromatic carbocycles. The smallest absolute Gasteiger partial charge is 0.0625 e. The van der Waals surface area contributed by atoms with Gasteiger partial charge in [-0.1, -0.05) is 83.5 Å². The molecule has 8 saturated carbocycles. The van der Waals surface area contributed by atoms with Crippen molar-refractivity contribution in [3.05, 3.63) is 0 Å². The van der Waals surface area contributed by atoms with Crippen LogP contribution in [-0.2, 0) is 9.47 Å². The Morgan fingerprint density at radius 3 is 1.65 bits per heavy atom. The minimum absolute atomic E-state index is 0.572. The summed E-state index contributed by atoms with van der Waals surface area (Å²) in [6.07, 6.45) is 45.6. The fourth-order valence-electron chi connectivity index (χ4n) is 17.4. The van der Waals surface area contributed by atoms with E-state index in [1.165, 1.54) is 135 Å². The van der Waals surface area contributed by atoms with Crippen LogP contribution < -0.4 is 0 Å². The molecular formula is C48H77NO2S. The maximum Gasteiger partial charge on any atom is 0.0625 e. The molecule has 3 aliphatic heterocycles. The lowest BCUT2D eigenvalue weighted by Gasteiger charge is -2.54. The lowest BCUT2D eigenvalue weighted by molar-refractivity contribution is -0.0530. The molecule has 16 atom stereocenters. The Kier molecular flexibility index (Phi) is 10.3. The van der Waals surface area contributed by atoms with Gasteiger partial charge in [0, 0.05) is 40.5 Å². The van der Waals surface area contributed by atoms with E-state index in [9.17, 15) is 0 Å². The number of hydrogen-bond donors (Lipinski definition) is 0. The number of thioether (sulfide) groups is 1. The number of hydrogen-bond acceptors (Lipinski definition) is 4. The van der Waals surface area contributed by atoms with Crippen LogP contribution in [0.25, 0.3) is 0 Å². The minimum Gasteiger partial charge on any atom is -0.374 e. The van der Waals surface area contributed by atoms with Crippen molar-refractivity contribution in [2.24, 2.45) is 59.2 Å². The highest BCUT2D eigenvalue weighted by molar-refractivity contribution is 8.00. The zero-order valence-electron chi connectivity index (χ0n) is 33.1. The van der Waals surface area contributed by atoms with Crippen LogP contribution >= 0.6 is 11.8 Å². The second kappa shape index (κ2) is 15.2. The lowest BCUT2D eigenvalue weighted by atomic mass is 9.63. The summed E-state index contributed by atoms with van der Waals surface area (Å²) >= 11 is 2.61. The van der Waals surface area contributed by atoms with Crippen LogP contribution in [0.2, 0.25) is 0 Å². The van der Waals surface area contributed by atoms with E-state index in [0.29, 0.717) is 24.4 Å². The maximum absolute atomic E-state index is 7.10. The number of ether oxygens (including phenoxy) is 2. The Bertz CT molecular complexity index is 1210. The van der Waals surface area contributed by atoms with Crippen molar-refractivity contribution in [2.45, 2.75) is 239 Å². The summed E-state index contributed by atoms with van der Waals surface area (Å²) in [5.74, 6) is 9.68. The van der Waals surface area contributed by atoms with E-state index in [2.05, 4.69) is 16.7 Å². The van der Waals surface area contributed by atoms with Crippen molar-refractivity contribution in [1.82, 2.24) is 4.90 Å². The van der Waals surface area contributed by atoms with Gasteiger partial charge in [-0.25, -0.2) is 0 Å². The Hall–Kier alpha value is 0.230. The van der Waals surface area contributed by atoms with Crippen LogP contribution in [0.5, 0.6) is 0 Å². The first-order valence-corrected chi connectivity index (χ1v) is 25.5. The van der Waals surface area contributed by atoms with E-state index in [4.69, 9.17) is 9.47 Å². The number of nitrogens with zero attached hydrogens (tertiary/aromatic N) is 1. The van der Waals surface area contributed by atoms with Crippen LogP contribution in [0.1, 0.15) is 186 Å². The monoisotopic (exact) mass is 732 g/mol. The van der Waals surface area contributed by atoms with E-state index in [-0.39, 0.29) is 0 Å². The molecule has 0 aromatic rings. The predicted octanol–water partition coefficient (Wildman–Crippen LogP) is 12.0. The Labute approximate surface area is 323 Å². The van der Waals surface area contributed by atoms with Gasteiger partial charge in [-0.05, 0) is 150 Å². The molecule has 0 N–H and O–H groups in total. The standard InChI is InChI=1S/C48H77NO2S/c1-2-11-30(12-3-1)32-13-8-14-33(29-32)31-23-25-34(26-24-31)49(39-18-10-22-43-45(39)37-15-4-6-20-41(37)50-43)40-19-9-17-35-36-27-28-44-46(48(36)52-47(35)40)38-16-5-7-21-42(38)51-44/h30-48H,1-29H2. The summed E-state index contributed by atoms with van der Waals surface area (Å²) in [7, 11) is 0.